The monoisotopic (exact) mass is 311 g/mol. The molecule has 1 saturated heterocycles. The fourth-order valence-electron chi connectivity index (χ4n) is 2.47. The maximum atomic E-state index is 12.2. The molecule has 0 unspecified atom stereocenters. The van der Waals surface area contributed by atoms with Crippen molar-refractivity contribution in [2.45, 2.75) is 0 Å². The molecule has 3 rings (SSSR count). The lowest BCUT2D eigenvalue weighted by atomic mass is 10.2. The molecule has 2 aromatic rings. The lowest BCUT2D eigenvalue weighted by Gasteiger charge is -2.34. The molecular formula is C15H17N7O. The number of carbonyl (C=O) groups excluding carboxylic acids is 1. The molecule has 1 aromatic heterocycles. The number of hydrogen-bond donors (Lipinski definition) is 2. The first-order valence-corrected chi connectivity index (χ1v) is 7.38. The van der Waals surface area contributed by atoms with Gasteiger partial charge in [-0.15, -0.1) is 0 Å². The second-order valence-corrected chi connectivity index (χ2v) is 5.22. The van der Waals surface area contributed by atoms with E-state index in [9.17, 15) is 4.79 Å². The van der Waals surface area contributed by atoms with Gasteiger partial charge in [-0.3, -0.25) is 4.79 Å². The highest BCUT2D eigenvalue weighted by Crippen LogP contribution is 2.11. The number of hydrogen-bond acceptors (Lipinski definition) is 6. The highest BCUT2D eigenvalue weighted by molar-refractivity contribution is 5.81. The fourth-order valence-corrected chi connectivity index (χ4v) is 2.47. The van der Waals surface area contributed by atoms with E-state index in [4.69, 9.17) is 5.26 Å². The predicted molar refractivity (Wildman–Crippen MR) is 84.8 cm³/mol. The van der Waals surface area contributed by atoms with Gasteiger partial charge in [-0.05, 0) is 24.3 Å². The molecule has 1 amide bonds. The summed E-state index contributed by atoms with van der Waals surface area (Å²) in [4.78, 5) is 20.3. The average molecular weight is 311 g/mol. The minimum atomic E-state index is 0.0616. The summed E-state index contributed by atoms with van der Waals surface area (Å²) >= 11 is 0. The van der Waals surface area contributed by atoms with Crippen LogP contribution in [0, 0.1) is 11.3 Å². The number of aromatic amines is 1. The average Bonchev–Trinajstić information content (AvgIpc) is 3.15. The van der Waals surface area contributed by atoms with Crippen LogP contribution >= 0.6 is 0 Å². The Morgan fingerprint density at radius 3 is 2.61 bits per heavy atom. The van der Waals surface area contributed by atoms with E-state index in [0.717, 1.165) is 24.7 Å². The second kappa shape index (κ2) is 6.79. The summed E-state index contributed by atoms with van der Waals surface area (Å²) in [6, 6.07) is 9.12. The summed E-state index contributed by atoms with van der Waals surface area (Å²) in [7, 11) is 0. The van der Waals surface area contributed by atoms with Gasteiger partial charge in [0.2, 0.25) is 11.9 Å². The second-order valence-electron chi connectivity index (χ2n) is 5.22. The van der Waals surface area contributed by atoms with Crippen molar-refractivity contribution >= 4 is 17.5 Å². The summed E-state index contributed by atoms with van der Waals surface area (Å²) in [6.07, 6.45) is 1.48. The number of nitrogens with zero attached hydrogens (tertiary/aromatic N) is 5. The quantitative estimate of drug-likeness (QED) is 0.849. The Hall–Kier alpha value is -3.08. The summed E-state index contributed by atoms with van der Waals surface area (Å²) < 4.78 is 0. The van der Waals surface area contributed by atoms with Crippen molar-refractivity contribution in [2.75, 3.05) is 42.9 Å². The highest BCUT2D eigenvalue weighted by atomic mass is 16.2. The third-order valence-corrected chi connectivity index (χ3v) is 3.79. The van der Waals surface area contributed by atoms with Gasteiger partial charge >= 0.3 is 0 Å². The molecule has 0 spiro atoms. The van der Waals surface area contributed by atoms with Crippen LogP contribution in [0.15, 0.2) is 30.6 Å². The van der Waals surface area contributed by atoms with Crippen molar-refractivity contribution in [3.8, 4) is 6.07 Å². The van der Waals surface area contributed by atoms with Crippen molar-refractivity contribution in [2.24, 2.45) is 0 Å². The zero-order chi connectivity index (χ0) is 16.1. The van der Waals surface area contributed by atoms with Crippen molar-refractivity contribution in [3.63, 3.8) is 0 Å². The van der Waals surface area contributed by atoms with Crippen LogP contribution in [-0.4, -0.2) is 58.7 Å². The largest absolute Gasteiger partial charge is 0.376 e. The summed E-state index contributed by atoms with van der Waals surface area (Å²) in [5.74, 6) is 0.805. The Morgan fingerprint density at radius 2 is 2.00 bits per heavy atom. The molecule has 0 bridgehead atoms. The fraction of sp³-hybridized carbons (Fsp3) is 0.333. The van der Waals surface area contributed by atoms with Gasteiger partial charge in [0.05, 0.1) is 18.2 Å². The molecule has 2 heterocycles. The van der Waals surface area contributed by atoms with Gasteiger partial charge in [0.15, 0.2) is 0 Å². The summed E-state index contributed by atoms with van der Waals surface area (Å²) in [5, 5.41) is 18.5. The maximum absolute atomic E-state index is 12.2. The Kier molecular flexibility index (Phi) is 4.38. The van der Waals surface area contributed by atoms with E-state index >= 15 is 0 Å². The standard InChI is InChI=1S/C15H17N7O/c16-9-12-1-3-13(4-2-12)17-10-14(23)21-5-7-22(8-6-21)15-18-11-19-20-15/h1-4,11,17H,5-8,10H2,(H,18,19,20). The molecule has 0 radical (unpaired) electrons. The van der Waals surface area contributed by atoms with E-state index in [0.29, 0.717) is 18.7 Å². The number of piperazine rings is 1. The molecule has 118 valence electrons. The van der Waals surface area contributed by atoms with Crippen molar-refractivity contribution in [1.82, 2.24) is 20.1 Å². The van der Waals surface area contributed by atoms with E-state index in [2.05, 4.69) is 31.5 Å². The van der Waals surface area contributed by atoms with Gasteiger partial charge in [-0.25, -0.2) is 5.10 Å². The molecule has 1 aromatic carbocycles. The lowest BCUT2D eigenvalue weighted by Crippen LogP contribution is -2.50. The zero-order valence-corrected chi connectivity index (χ0v) is 12.6. The molecule has 0 atom stereocenters. The van der Waals surface area contributed by atoms with Gasteiger partial charge in [-0.2, -0.15) is 15.3 Å². The van der Waals surface area contributed by atoms with Crippen molar-refractivity contribution < 1.29 is 4.79 Å². The molecular weight excluding hydrogens is 294 g/mol. The van der Waals surface area contributed by atoms with E-state index in [1.54, 1.807) is 24.3 Å². The first kappa shape index (κ1) is 14.8. The highest BCUT2D eigenvalue weighted by Gasteiger charge is 2.22. The minimum absolute atomic E-state index is 0.0616. The van der Waals surface area contributed by atoms with Crippen LogP contribution in [-0.2, 0) is 4.79 Å². The predicted octanol–water partition coefficient (Wildman–Crippen LogP) is 0.437. The Bertz CT molecular complexity index is 682. The Morgan fingerprint density at radius 1 is 1.26 bits per heavy atom. The molecule has 8 nitrogen and oxygen atoms in total. The molecule has 2 N–H and O–H groups in total. The number of H-pyrrole nitrogens is 1. The van der Waals surface area contributed by atoms with Gasteiger partial charge in [0.25, 0.3) is 0 Å². The lowest BCUT2D eigenvalue weighted by molar-refractivity contribution is -0.129. The number of anilines is 2. The first-order valence-electron chi connectivity index (χ1n) is 7.38. The number of rotatable bonds is 4. The number of benzene rings is 1. The summed E-state index contributed by atoms with van der Waals surface area (Å²) in [6.45, 7) is 3.03. The first-order chi connectivity index (χ1) is 11.3. The molecule has 8 heteroatoms. The number of nitriles is 1. The zero-order valence-electron chi connectivity index (χ0n) is 12.6. The van der Waals surface area contributed by atoms with Crippen LogP contribution in [0.1, 0.15) is 5.56 Å². The van der Waals surface area contributed by atoms with Crippen molar-refractivity contribution in [3.05, 3.63) is 36.2 Å². The van der Waals surface area contributed by atoms with E-state index < -0.39 is 0 Å². The van der Waals surface area contributed by atoms with Gasteiger partial charge < -0.3 is 15.1 Å². The van der Waals surface area contributed by atoms with Gasteiger partial charge in [0, 0.05) is 31.9 Å². The number of amides is 1. The van der Waals surface area contributed by atoms with Crippen LogP contribution in [0.5, 0.6) is 0 Å². The molecule has 1 fully saturated rings. The van der Waals surface area contributed by atoms with Crippen molar-refractivity contribution in [1.29, 1.82) is 5.26 Å². The van der Waals surface area contributed by atoms with E-state index in [1.165, 1.54) is 6.33 Å². The number of nitrogens with one attached hydrogen (secondary N) is 2. The molecule has 0 aliphatic carbocycles. The van der Waals surface area contributed by atoms with Crippen LogP contribution in [0.25, 0.3) is 0 Å². The normalized spacial score (nSPS) is 14.4. The molecule has 1 aliphatic heterocycles. The summed E-state index contributed by atoms with van der Waals surface area (Å²) in [5.41, 5.74) is 1.43. The van der Waals surface area contributed by atoms with E-state index in [1.807, 2.05) is 4.90 Å². The minimum Gasteiger partial charge on any atom is -0.376 e. The SMILES string of the molecule is N#Cc1ccc(NCC(=O)N2CCN(c3ncn[nH]3)CC2)cc1. The van der Waals surface area contributed by atoms with Crippen LogP contribution in [0.2, 0.25) is 0 Å². The molecule has 1 aliphatic rings. The molecule has 23 heavy (non-hydrogen) atoms. The van der Waals surface area contributed by atoms with Crippen LogP contribution < -0.4 is 10.2 Å². The third kappa shape index (κ3) is 3.58. The topological polar surface area (TPSA) is 101 Å². The number of carbonyl (C=O) groups is 1. The smallest absolute Gasteiger partial charge is 0.241 e. The van der Waals surface area contributed by atoms with Gasteiger partial charge in [0.1, 0.15) is 6.33 Å². The molecule has 0 saturated carbocycles. The van der Waals surface area contributed by atoms with Crippen LogP contribution in [0.4, 0.5) is 11.6 Å². The number of aromatic nitrogens is 3. The Labute approximate surface area is 133 Å². The Balaban J connectivity index is 1.47. The third-order valence-electron chi connectivity index (χ3n) is 3.79. The van der Waals surface area contributed by atoms with Crippen LogP contribution in [0.3, 0.4) is 0 Å². The van der Waals surface area contributed by atoms with E-state index in [-0.39, 0.29) is 12.5 Å². The maximum Gasteiger partial charge on any atom is 0.241 e. The van der Waals surface area contributed by atoms with Gasteiger partial charge in [-0.1, -0.05) is 0 Å².